The molecule has 0 spiro atoms. The van der Waals surface area contributed by atoms with E-state index in [-0.39, 0.29) is 9.52 Å². The fourth-order valence-electron chi connectivity index (χ4n) is 3.51. The summed E-state index contributed by atoms with van der Waals surface area (Å²) >= 11 is 0. The summed E-state index contributed by atoms with van der Waals surface area (Å²) < 4.78 is 77.5. The van der Waals surface area contributed by atoms with Crippen LogP contribution in [0.3, 0.4) is 0 Å². The summed E-state index contributed by atoms with van der Waals surface area (Å²) in [4.78, 5) is 0. The third-order valence-electron chi connectivity index (χ3n) is 5.17. The van der Waals surface area contributed by atoms with Gasteiger partial charge in [-0.15, -0.1) is 0 Å². The molecule has 33 heavy (non-hydrogen) atoms. The molecule has 0 aliphatic heterocycles. The van der Waals surface area contributed by atoms with Gasteiger partial charge in [-0.1, -0.05) is 83.2 Å². The molecule has 4 aromatic rings. The SMILES string of the molecule is FC(F)(F)c1ccc(-c2ccccc2[Si]c2ccccc2-c2ccc(C(F)(F)F)cc2)cc1. The molecular weight excluding hydrogens is 454 g/mol. The van der Waals surface area contributed by atoms with Gasteiger partial charge in [0.1, 0.15) is 9.52 Å². The van der Waals surface area contributed by atoms with Crippen LogP contribution in [0.1, 0.15) is 11.1 Å². The predicted octanol–water partition coefficient (Wildman–Crippen LogP) is 6.71. The first-order valence-electron chi connectivity index (χ1n) is 9.93. The smallest absolute Gasteiger partial charge is 0.166 e. The van der Waals surface area contributed by atoms with Crippen LogP contribution in [0, 0.1) is 0 Å². The maximum atomic E-state index is 12.9. The number of hydrogen-bond acceptors (Lipinski definition) is 0. The van der Waals surface area contributed by atoms with Crippen LogP contribution in [0.25, 0.3) is 22.3 Å². The molecule has 2 radical (unpaired) electrons. The van der Waals surface area contributed by atoms with Gasteiger partial charge in [-0.2, -0.15) is 26.3 Å². The molecule has 4 rings (SSSR count). The van der Waals surface area contributed by atoms with E-state index in [0.717, 1.165) is 45.8 Å². The molecular formula is C26H16F6Si. The van der Waals surface area contributed by atoms with E-state index in [0.29, 0.717) is 11.1 Å². The van der Waals surface area contributed by atoms with E-state index in [2.05, 4.69) is 0 Å². The Bertz CT molecular complexity index is 1140. The fraction of sp³-hybridized carbons (Fsp3) is 0.0769. The molecule has 0 heterocycles. The minimum atomic E-state index is -4.40. The van der Waals surface area contributed by atoms with E-state index < -0.39 is 23.5 Å². The lowest BCUT2D eigenvalue weighted by molar-refractivity contribution is -0.138. The summed E-state index contributed by atoms with van der Waals surface area (Å²) in [6, 6.07) is 24.9. The molecule has 0 atom stereocenters. The Labute approximate surface area is 189 Å². The Balaban J connectivity index is 1.68. The Morgan fingerprint density at radius 1 is 0.424 bits per heavy atom. The Morgan fingerprint density at radius 2 is 0.758 bits per heavy atom. The van der Waals surface area contributed by atoms with E-state index in [4.69, 9.17) is 0 Å². The van der Waals surface area contributed by atoms with E-state index in [1.807, 2.05) is 48.5 Å². The molecule has 0 nitrogen and oxygen atoms in total. The largest absolute Gasteiger partial charge is 0.416 e. The zero-order valence-corrected chi connectivity index (χ0v) is 18.0. The van der Waals surface area contributed by atoms with Crippen molar-refractivity contribution in [1.29, 1.82) is 0 Å². The van der Waals surface area contributed by atoms with Crippen molar-refractivity contribution in [3.05, 3.63) is 108 Å². The Kier molecular flexibility index (Phi) is 6.17. The van der Waals surface area contributed by atoms with Crippen LogP contribution in [-0.4, -0.2) is 9.52 Å². The second kappa shape index (κ2) is 8.90. The van der Waals surface area contributed by atoms with Crippen LogP contribution in [0.2, 0.25) is 0 Å². The summed E-state index contributed by atoms with van der Waals surface area (Å²) in [5, 5.41) is 1.85. The lowest BCUT2D eigenvalue weighted by Crippen LogP contribution is -2.30. The van der Waals surface area contributed by atoms with Gasteiger partial charge in [0.15, 0.2) is 0 Å². The number of hydrogen-bond donors (Lipinski definition) is 0. The second-order valence-corrected chi connectivity index (χ2v) is 8.69. The van der Waals surface area contributed by atoms with Crippen molar-refractivity contribution in [2.75, 3.05) is 0 Å². The van der Waals surface area contributed by atoms with Crippen molar-refractivity contribution in [2.45, 2.75) is 12.4 Å². The highest BCUT2D eigenvalue weighted by atomic mass is 28.2. The van der Waals surface area contributed by atoms with Gasteiger partial charge < -0.3 is 0 Å². The summed E-state index contributed by atoms with van der Waals surface area (Å²) in [7, 11) is 0.154. The van der Waals surface area contributed by atoms with Gasteiger partial charge in [0.05, 0.1) is 11.1 Å². The van der Waals surface area contributed by atoms with Crippen LogP contribution in [0.15, 0.2) is 97.1 Å². The molecule has 0 N–H and O–H groups in total. The van der Waals surface area contributed by atoms with Crippen molar-refractivity contribution in [3.8, 4) is 22.3 Å². The van der Waals surface area contributed by atoms with Crippen molar-refractivity contribution in [2.24, 2.45) is 0 Å². The lowest BCUT2D eigenvalue weighted by atomic mass is 10.0. The Hall–Kier alpha value is -3.32. The molecule has 0 aromatic heterocycles. The van der Waals surface area contributed by atoms with Crippen molar-refractivity contribution >= 4 is 19.9 Å². The monoisotopic (exact) mass is 470 g/mol. The standard InChI is InChI=1S/C26H16F6Si/c27-25(28,29)19-13-9-17(10-14-19)21-5-1-3-7-23(21)33-24-8-4-2-6-22(24)18-11-15-20(16-12-18)26(30,31)32/h1-16H. The molecule has 0 saturated heterocycles. The van der Waals surface area contributed by atoms with Crippen LogP contribution in [-0.2, 0) is 12.4 Å². The molecule has 4 aromatic carbocycles. The van der Waals surface area contributed by atoms with Gasteiger partial charge in [0.25, 0.3) is 0 Å². The van der Waals surface area contributed by atoms with Gasteiger partial charge in [-0.25, -0.2) is 0 Å². The molecule has 0 aliphatic rings. The minimum Gasteiger partial charge on any atom is -0.166 e. The number of rotatable bonds is 4. The maximum absolute atomic E-state index is 12.9. The first-order chi connectivity index (χ1) is 15.6. The third kappa shape index (κ3) is 5.20. The molecule has 7 heteroatoms. The molecule has 0 fully saturated rings. The summed E-state index contributed by atoms with van der Waals surface area (Å²) in [6.07, 6.45) is -8.80. The number of benzene rings is 4. The topological polar surface area (TPSA) is 0 Å². The average molecular weight is 470 g/mol. The fourth-order valence-corrected chi connectivity index (χ4v) is 4.88. The summed E-state index contributed by atoms with van der Waals surface area (Å²) in [5.41, 5.74) is 1.53. The molecule has 0 bridgehead atoms. The minimum absolute atomic E-state index is 0.154. The number of alkyl halides is 6. The molecule has 0 aliphatic carbocycles. The van der Waals surface area contributed by atoms with E-state index in [9.17, 15) is 26.3 Å². The lowest BCUT2D eigenvalue weighted by Gasteiger charge is -2.14. The van der Waals surface area contributed by atoms with Gasteiger partial charge >= 0.3 is 12.4 Å². The van der Waals surface area contributed by atoms with Crippen molar-refractivity contribution < 1.29 is 26.3 Å². The zero-order chi connectivity index (χ0) is 23.6. The van der Waals surface area contributed by atoms with Gasteiger partial charge in [-0.05, 0) is 46.5 Å². The highest BCUT2D eigenvalue weighted by Gasteiger charge is 2.31. The first kappa shape index (κ1) is 22.9. The number of halogens is 6. The van der Waals surface area contributed by atoms with Crippen LogP contribution in [0.4, 0.5) is 26.3 Å². The first-order valence-corrected chi connectivity index (χ1v) is 10.9. The highest BCUT2D eigenvalue weighted by Crippen LogP contribution is 2.32. The van der Waals surface area contributed by atoms with E-state index >= 15 is 0 Å². The van der Waals surface area contributed by atoms with Crippen LogP contribution in [0.5, 0.6) is 0 Å². The van der Waals surface area contributed by atoms with Crippen LogP contribution >= 0.6 is 0 Å². The Morgan fingerprint density at radius 3 is 1.09 bits per heavy atom. The molecule has 0 saturated carbocycles. The highest BCUT2D eigenvalue weighted by molar-refractivity contribution is 6.70. The zero-order valence-electron chi connectivity index (χ0n) is 17.0. The van der Waals surface area contributed by atoms with Crippen molar-refractivity contribution in [3.63, 3.8) is 0 Å². The van der Waals surface area contributed by atoms with Gasteiger partial charge in [0.2, 0.25) is 0 Å². The predicted molar refractivity (Wildman–Crippen MR) is 119 cm³/mol. The third-order valence-corrected chi connectivity index (χ3v) is 6.58. The molecule has 0 unspecified atom stereocenters. The van der Waals surface area contributed by atoms with E-state index in [1.54, 1.807) is 0 Å². The second-order valence-electron chi connectivity index (χ2n) is 7.37. The maximum Gasteiger partial charge on any atom is 0.416 e. The van der Waals surface area contributed by atoms with Gasteiger partial charge in [0, 0.05) is 0 Å². The van der Waals surface area contributed by atoms with Crippen LogP contribution < -0.4 is 10.4 Å². The van der Waals surface area contributed by atoms with Crippen molar-refractivity contribution in [1.82, 2.24) is 0 Å². The van der Waals surface area contributed by atoms with E-state index in [1.165, 1.54) is 24.3 Å². The quantitative estimate of drug-likeness (QED) is 0.230. The summed E-state index contributed by atoms with van der Waals surface area (Å²) in [5.74, 6) is 0. The average Bonchev–Trinajstić information content (AvgIpc) is 2.79. The summed E-state index contributed by atoms with van der Waals surface area (Å²) in [6.45, 7) is 0. The molecule has 166 valence electrons. The van der Waals surface area contributed by atoms with Gasteiger partial charge in [-0.3, -0.25) is 0 Å². The molecule has 0 amide bonds. The normalized spacial score (nSPS) is 12.1.